The second-order valence-electron chi connectivity index (χ2n) is 9.02. The zero-order chi connectivity index (χ0) is 26.5. The molecule has 184 valence electrons. The van der Waals surface area contributed by atoms with Crippen molar-refractivity contribution in [3.63, 3.8) is 0 Å². The van der Waals surface area contributed by atoms with Crippen molar-refractivity contribution in [2.75, 3.05) is 11.8 Å². The minimum absolute atomic E-state index is 0.699. The first-order valence-corrected chi connectivity index (χ1v) is 14.2. The first kappa shape index (κ1) is 25.5. The summed E-state index contributed by atoms with van der Waals surface area (Å²) < 4.78 is 4.36. The Labute approximate surface area is 232 Å². The number of nitrogens with zero attached hydrogens (tertiary/aromatic N) is 4. The molecule has 0 N–H and O–H groups in total. The van der Waals surface area contributed by atoms with Crippen LogP contribution < -0.4 is 0 Å². The largest absolute Gasteiger partial charge is 0.223 e. The highest BCUT2D eigenvalue weighted by molar-refractivity contribution is 7.99. The molecule has 0 fully saturated rings. The normalized spacial score (nSPS) is 13.4. The van der Waals surface area contributed by atoms with Crippen LogP contribution >= 0.6 is 23.5 Å². The minimum Gasteiger partial charge on any atom is -0.192 e. The third-order valence-electron chi connectivity index (χ3n) is 6.43. The third-order valence-corrected chi connectivity index (χ3v) is 8.94. The van der Waals surface area contributed by atoms with E-state index in [4.69, 9.17) is 5.26 Å². The van der Waals surface area contributed by atoms with Crippen molar-refractivity contribution >= 4 is 47.3 Å². The molecule has 0 bridgehead atoms. The molecule has 4 aromatic carbocycles. The van der Waals surface area contributed by atoms with Crippen molar-refractivity contribution in [3.05, 3.63) is 118 Å². The quantitative estimate of drug-likeness (QED) is 0.254. The fraction of sp³-hybridized carbons (Fsp3) is 0.125. The average molecular weight is 531 g/mol. The lowest BCUT2D eigenvalue weighted by Crippen LogP contribution is -2.14. The molecule has 0 amide bonds. The summed E-state index contributed by atoms with van der Waals surface area (Å²) in [5.74, 6) is 1.75. The molecule has 38 heavy (non-hydrogen) atoms. The molecule has 6 rings (SSSR count). The molecule has 0 aromatic heterocycles. The van der Waals surface area contributed by atoms with E-state index in [0.717, 1.165) is 28.7 Å². The first-order valence-electron chi connectivity index (χ1n) is 12.2. The molecule has 0 aliphatic carbocycles. The average Bonchev–Trinajstić information content (AvgIpc) is 2.97. The Morgan fingerprint density at radius 2 is 1.21 bits per heavy atom. The number of hydrogen-bond donors (Lipinski definition) is 0. The zero-order valence-corrected chi connectivity index (χ0v) is 22.9. The highest BCUT2D eigenvalue weighted by atomic mass is 32.2. The fourth-order valence-corrected chi connectivity index (χ4v) is 6.60. The number of thioether (sulfide) groups is 2. The predicted octanol–water partition coefficient (Wildman–Crippen LogP) is 7.39. The Morgan fingerprint density at radius 1 is 0.632 bits per heavy atom. The van der Waals surface area contributed by atoms with Gasteiger partial charge in [-0.15, -0.1) is 0 Å². The van der Waals surface area contributed by atoms with Crippen LogP contribution in [0, 0.1) is 36.5 Å². The van der Waals surface area contributed by atoms with E-state index in [2.05, 4.69) is 84.0 Å². The van der Waals surface area contributed by atoms with Crippen molar-refractivity contribution in [2.45, 2.75) is 23.6 Å². The van der Waals surface area contributed by atoms with E-state index in [1.54, 1.807) is 0 Å². The van der Waals surface area contributed by atoms with E-state index < -0.39 is 0 Å². The van der Waals surface area contributed by atoms with E-state index in [-0.39, 0.29) is 0 Å². The van der Waals surface area contributed by atoms with Gasteiger partial charge in [0, 0.05) is 28.0 Å². The Kier molecular flexibility index (Phi) is 7.75. The highest BCUT2D eigenvalue weighted by Crippen LogP contribution is 2.32. The van der Waals surface area contributed by atoms with Crippen LogP contribution in [-0.4, -0.2) is 33.3 Å². The van der Waals surface area contributed by atoms with Gasteiger partial charge in [0.25, 0.3) is 0 Å². The molecule has 0 spiro atoms. The lowest BCUT2D eigenvalue weighted by atomic mass is 10.1. The Hall–Kier alpha value is -4.10. The van der Waals surface area contributed by atoms with E-state index in [0.29, 0.717) is 5.56 Å². The highest BCUT2D eigenvalue weighted by Gasteiger charge is 2.22. The second-order valence-corrected chi connectivity index (χ2v) is 10.9. The van der Waals surface area contributed by atoms with Crippen molar-refractivity contribution in [3.8, 4) is 12.1 Å². The molecule has 2 heterocycles. The molecular formula is C32H26N4S2+2. The van der Waals surface area contributed by atoms with Crippen molar-refractivity contribution in [1.29, 1.82) is 10.5 Å². The van der Waals surface area contributed by atoms with Crippen LogP contribution in [-0.2, 0) is 0 Å². The number of para-hydroxylation sites is 1. The molecular weight excluding hydrogens is 505 g/mol. The molecule has 0 atom stereocenters. The van der Waals surface area contributed by atoms with Gasteiger partial charge in [-0.1, -0.05) is 59.9 Å². The summed E-state index contributed by atoms with van der Waals surface area (Å²) in [6, 6.07) is 32.6. The number of rotatable bonds is 2. The smallest absolute Gasteiger partial charge is 0.192 e. The van der Waals surface area contributed by atoms with E-state index in [1.165, 1.54) is 32.0 Å². The van der Waals surface area contributed by atoms with Gasteiger partial charge in [-0.05, 0) is 55.3 Å². The molecule has 4 aromatic rings. The van der Waals surface area contributed by atoms with Crippen LogP contribution in [0.4, 0.5) is 11.4 Å². The van der Waals surface area contributed by atoms with Gasteiger partial charge in [0.1, 0.15) is 11.6 Å². The maximum absolute atomic E-state index is 9.19. The van der Waals surface area contributed by atoms with Gasteiger partial charge in [-0.3, -0.25) is 0 Å². The molecule has 0 saturated carbocycles. The Morgan fingerprint density at radius 3 is 1.82 bits per heavy atom. The van der Waals surface area contributed by atoms with Gasteiger partial charge in [0.05, 0.1) is 22.8 Å². The molecule has 4 nitrogen and oxygen atoms in total. The van der Waals surface area contributed by atoms with Crippen LogP contribution in [0.15, 0.2) is 94.7 Å². The van der Waals surface area contributed by atoms with Gasteiger partial charge in [-0.2, -0.15) is 19.7 Å². The van der Waals surface area contributed by atoms with Crippen molar-refractivity contribution in [2.24, 2.45) is 0 Å². The van der Waals surface area contributed by atoms with Crippen LogP contribution in [0.2, 0.25) is 0 Å². The van der Waals surface area contributed by atoms with E-state index in [1.807, 2.05) is 72.1 Å². The lowest BCUT2D eigenvalue weighted by Gasteiger charge is -2.13. The van der Waals surface area contributed by atoms with E-state index in [9.17, 15) is 5.26 Å². The number of benzene rings is 4. The van der Waals surface area contributed by atoms with Gasteiger partial charge in [0.15, 0.2) is 24.2 Å². The molecule has 2 aliphatic heterocycles. The van der Waals surface area contributed by atoms with Gasteiger partial charge in [-0.25, -0.2) is 0 Å². The van der Waals surface area contributed by atoms with Crippen molar-refractivity contribution in [1.82, 2.24) is 0 Å². The zero-order valence-electron chi connectivity index (χ0n) is 21.3. The topological polar surface area (TPSA) is 53.6 Å². The predicted molar refractivity (Wildman–Crippen MR) is 156 cm³/mol. The number of hydrogen-bond acceptors (Lipinski definition) is 4. The summed E-state index contributed by atoms with van der Waals surface area (Å²) in [7, 11) is 0. The van der Waals surface area contributed by atoms with Crippen LogP contribution in [0.1, 0.15) is 33.4 Å². The molecule has 0 unspecified atom stereocenters. The number of fused-ring (bicyclic) bond motifs is 2. The van der Waals surface area contributed by atoms with Crippen LogP contribution in [0.3, 0.4) is 0 Å². The van der Waals surface area contributed by atoms with E-state index >= 15 is 0 Å². The maximum Gasteiger partial charge on any atom is 0.223 e. The van der Waals surface area contributed by atoms with Crippen molar-refractivity contribution < 1.29 is 9.15 Å². The van der Waals surface area contributed by atoms with Crippen LogP contribution in [0.25, 0.3) is 0 Å². The Bertz CT molecular complexity index is 1650. The third kappa shape index (κ3) is 5.43. The first-order chi connectivity index (χ1) is 18.6. The Balaban J connectivity index is 0.000000155. The molecule has 0 saturated heterocycles. The summed E-state index contributed by atoms with van der Waals surface area (Å²) in [4.78, 5) is 2.71. The summed E-state index contributed by atoms with van der Waals surface area (Å²) in [5, 5.41) is 18.0. The molecule has 6 heteroatoms. The van der Waals surface area contributed by atoms with Gasteiger partial charge < -0.3 is 0 Å². The van der Waals surface area contributed by atoms with Crippen LogP contribution in [0.5, 0.6) is 0 Å². The number of nitriles is 2. The second kappa shape index (κ2) is 11.5. The maximum atomic E-state index is 9.19. The monoisotopic (exact) mass is 530 g/mol. The minimum atomic E-state index is 0.699. The summed E-state index contributed by atoms with van der Waals surface area (Å²) in [6.07, 6.45) is 4.31. The summed E-state index contributed by atoms with van der Waals surface area (Å²) in [6.45, 7) is 4.29. The lowest BCUT2D eigenvalue weighted by molar-refractivity contribution is -0.411. The number of aryl methyl sites for hydroxylation is 2. The fourth-order valence-electron chi connectivity index (χ4n) is 4.46. The van der Waals surface area contributed by atoms with Gasteiger partial charge in [0.2, 0.25) is 11.4 Å². The standard InChI is InChI=1S/2C16H13N2S/c1-12-5-4-7-14-10-18(11-19-16(12)14)15-8-3-2-6-13(15)9-17;1-12-3-2-4-14-10-18(11-19-16(12)14)15-7-5-13(9-17)6-8-15/h2*2-8,10H,11H2,1H3/q2*+1. The molecule has 0 radical (unpaired) electrons. The summed E-state index contributed by atoms with van der Waals surface area (Å²) >= 11 is 3.68. The van der Waals surface area contributed by atoms with Gasteiger partial charge >= 0.3 is 0 Å². The SMILES string of the molecule is Cc1cccc2c1SC[N+](c1ccc(C#N)cc1)=C2.Cc1cccc2c1SC[N+](c1ccccc1C#N)=C2. The molecule has 2 aliphatic rings. The summed E-state index contributed by atoms with van der Waals surface area (Å²) in [5.41, 5.74) is 8.65.